The van der Waals surface area contributed by atoms with Gasteiger partial charge in [0, 0.05) is 5.92 Å². The minimum atomic E-state index is -0.348. The van der Waals surface area contributed by atoms with Gasteiger partial charge >= 0.3 is 0 Å². The lowest BCUT2D eigenvalue weighted by Crippen LogP contribution is -2.02. The lowest BCUT2D eigenvalue weighted by atomic mass is 10.3. The van der Waals surface area contributed by atoms with E-state index in [0.29, 0.717) is 34.7 Å². The van der Waals surface area contributed by atoms with E-state index < -0.39 is 0 Å². The predicted octanol–water partition coefficient (Wildman–Crippen LogP) is 2.52. The molecular formula is C14H12FN5O. The van der Waals surface area contributed by atoms with Gasteiger partial charge in [0.1, 0.15) is 11.6 Å². The molecule has 6 nitrogen and oxygen atoms in total. The summed E-state index contributed by atoms with van der Waals surface area (Å²) in [6.07, 6.45) is 3.72. The summed E-state index contributed by atoms with van der Waals surface area (Å²) in [5.74, 6) is 1.44. The Balaban J connectivity index is 1.74. The molecular weight excluding hydrogens is 273 g/mol. The Bertz CT molecular complexity index is 805. The summed E-state index contributed by atoms with van der Waals surface area (Å²) in [5.41, 5.74) is 7.20. The van der Waals surface area contributed by atoms with E-state index in [4.69, 9.17) is 10.3 Å². The summed E-state index contributed by atoms with van der Waals surface area (Å²) in [5, 5.41) is 8.12. The zero-order valence-corrected chi connectivity index (χ0v) is 11.0. The van der Waals surface area contributed by atoms with Crippen molar-refractivity contribution in [1.82, 2.24) is 19.9 Å². The van der Waals surface area contributed by atoms with Crippen LogP contribution >= 0.6 is 0 Å². The molecule has 0 amide bonds. The van der Waals surface area contributed by atoms with E-state index in [2.05, 4.69) is 15.2 Å². The number of rotatable bonds is 3. The summed E-state index contributed by atoms with van der Waals surface area (Å²) < 4.78 is 20.0. The van der Waals surface area contributed by atoms with Gasteiger partial charge in [-0.25, -0.2) is 9.07 Å². The topological polar surface area (TPSA) is 82.8 Å². The van der Waals surface area contributed by atoms with Crippen molar-refractivity contribution in [3.8, 4) is 17.1 Å². The number of nitrogens with zero attached hydrogens (tertiary/aromatic N) is 4. The van der Waals surface area contributed by atoms with Gasteiger partial charge in [-0.2, -0.15) is 10.1 Å². The molecule has 7 heteroatoms. The summed E-state index contributed by atoms with van der Waals surface area (Å²) in [4.78, 5) is 4.34. The van der Waals surface area contributed by atoms with E-state index in [1.54, 1.807) is 18.3 Å². The SMILES string of the molecule is Nc1c(-c2noc(C3CC3)n2)cnn1-c1cccc(F)c1. The van der Waals surface area contributed by atoms with E-state index in [0.717, 1.165) is 12.8 Å². The monoisotopic (exact) mass is 285 g/mol. The molecule has 0 atom stereocenters. The minimum absolute atomic E-state index is 0.348. The third kappa shape index (κ3) is 2.06. The standard InChI is InChI=1S/C14H12FN5O/c15-9-2-1-3-10(6-9)20-12(16)11(7-17-20)13-18-14(21-19-13)8-4-5-8/h1-3,6-8H,4-5,16H2. The van der Waals surface area contributed by atoms with Gasteiger partial charge in [-0.1, -0.05) is 11.2 Å². The Hall–Kier alpha value is -2.70. The molecule has 0 bridgehead atoms. The molecule has 2 aromatic heterocycles. The maximum absolute atomic E-state index is 13.3. The third-order valence-electron chi connectivity index (χ3n) is 3.47. The predicted molar refractivity (Wildman–Crippen MR) is 73.2 cm³/mol. The fourth-order valence-corrected chi connectivity index (χ4v) is 2.18. The molecule has 1 saturated carbocycles. The second-order valence-corrected chi connectivity index (χ2v) is 5.07. The van der Waals surface area contributed by atoms with Crippen LogP contribution in [0.4, 0.5) is 10.2 Å². The molecule has 0 unspecified atom stereocenters. The molecule has 21 heavy (non-hydrogen) atoms. The Labute approximate surface area is 119 Å². The maximum atomic E-state index is 13.3. The summed E-state index contributed by atoms with van der Waals surface area (Å²) >= 11 is 0. The fourth-order valence-electron chi connectivity index (χ4n) is 2.18. The third-order valence-corrected chi connectivity index (χ3v) is 3.47. The Morgan fingerprint density at radius 1 is 1.33 bits per heavy atom. The van der Waals surface area contributed by atoms with Crippen molar-refractivity contribution in [3.63, 3.8) is 0 Å². The Kier molecular flexibility index (Phi) is 2.53. The number of hydrogen-bond donors (Lipinski definition) is 1. The Morgan fingerprint density at radius 3 is 2.95 bits per heavy atom. The second kappa shape index (κ2) is 4.41. The molecule has 2 N–H and O–H groups in total. The van der Waals surface area contributed by atoms with Crippen LogP contribution in [0, 0.1) is 5.82 Å². The number of nitrogen functional groups attached to an aromatic ring is 1. The molecule has 0 radical (unpaired) electrons. The zero-order valence-electron chi connectivity index (χ0n) is 11.0. The average Bonchev–Trinajstić information content (AvgIpc) is 3.08. The number of nitrogens with two attached hydrogens (primary N) is 1. The number of anilines is 1. The highest BCUT2D eigenvalue weighted by atomic mass is 19.1. The first-order valence-corrected chi connectivity index (χ1v) is 6.66. The first-order chi connectivity index (χ1) is 10.2. The van der Waals surface area contributed by atoms with Gasteiger partial charge in [0.25, 0.3) is 0 Å². The number of aromatic nitrogens is 4. The maximum Gasteiger partial charge on any atom is 0.230 e. The van der Waals surface area contributed by atoms with Crippen molar-refractivity contribution in [2.45, 2.75) is 18.8 Å². The highest BCUT2D eigenvalue weighted by Gasteiger charge is 2.30. The first-order valence-electron chi connectivity index (χ1n) is 6.66. The molecule has 0 aliphatic heterocycles. The lowest BCUT2D eigenvalue weighted by Gasteiger charge is -2.04. The van der Waals surface area contributed by atoms with Gasteiger partial charge in [0.05, 0.1) is 17.4 Å². The molecule has 1 aliphatic carbocycles. The van der Waals surface area contributed by atoms with Crippen molar-refractivity contribution < 1.29 is 8.91 Å². The van der Waals surface area contributed by atoms with E-state index >= 15 is 0 Å². The lowest BCUT2D eigenvalue weighted by molar-refractivity contribution is 0.380. The summed E-state index contributed by atoms with van der Waals surface area (Å²) in [7, 11) is 0. The van der Waals surface area contributed by atoms with Gasteiger partial charge < -0.3 is 10.3 Å². The van der Waals surface area contributed by atoms with Crippen molar-refractivity contribution in [1.29, 1.82) is 0 Å². The second-order valence-electron chi connectivity index (χ2n) is 5.07. The quantitative estimate of drug-likeness (QED) is 0.799. The molecule has 1 aliphatic rings. The molecule has 4 rings (SSSR count). The van der Waals surface area contributed by atoms with Crippen LogP contribution in [-0.2, 0) is 0 Å². The molecule has 1 aromatic carbocycles. The molecule has 1 fully saturated rings. The first kappa shape index (κ1) is 12.1. The van der Waals surface area contributed by atoms with Gasteiger partial charge in [0.15, 0.2) is 0 Å². The van der Waals surface area contributed by atoms with Gasteiger partial charge in [0.2, 0.25) is 11.7 Å². The number of hydrogen-bond acceptors (Lipinski definition) is 5. The highest BCUT2D eigenvalue weighted by Crippen LogP contribution is 2.39. The van der Waals surface area contributed by atoms with Crippen molar-refractivity contribution in [2.75, 3.05) is 5.73 Å². The number of halogens is 1. The summed E-state index contributed by atoms with van der Waals surface area (Å²) in [6.45, 7) is 0. The average molecular weight is 285 g/mol. The molecule has 2 heterocycles. The van der Waals surface area contributed by atoms with Crippen LogP contribution < -0.4 is 5.73 Å². The van der Waals surface area contributed by atoms with E-state index in [1.165, 1.54) is 16.8 Å². The van der Waals surface area contributed by atoms with Crippen LogP contribution in [0.2, 0.25) is 0 Å². The number of benzene rings is 1. The van der Waals surface area contributed by atoms with Crippen molar-refractivity contribution in [3.05, 3.63) is 42.2 Å². The van der Waals surface area contributed by atoms with Crippen molar-refractivity contribution >= 4 is 5.82 Å². The van der Waals surface area contributed by atoms with Crippen LogP contribution in [0.3, 0.4) is 0 Å². The van der Waals surface area contributed by atoms with Gasteiger partial charge in [-0.05, 0) is 31.0 Å². The van der Waals surface area contributed by atoms with Gasteiger partial charge in [-0.3, -0.25) is 0 Å². The van der Waals surface area contributed by atoms with E-state index in [-0.39, 0.29) is 5.82 Å². The molecule has 0 spiro atoms. The zero-order chi connectivity index (χ0) is 14.4. The van der Waals surface area contributed by atoms with Crippen LogP contribution in [0.5, 0.6) is 0 Å². The van der Waals surface area contributed by atoms with Crippen LogP contribution in [-0.4, -0.2) is 19.9 Å². The smallest absolute Gasteiger partial charge is 0.230 e. The van der Waals surface area contributed by atoms with E-state index in [9.17, 15) is 4.39 Å². The van der Waals surface area contributed by atoms with Crippen LogP contribution in [0.15, 0.2) is 35.0 Å². The molecule has 106 valence electrons. The minimum Gasteiger partial charge on any atom is -0.383 e. The summed E-state index contributed by atoms with van der Waals surface area (Å²) in [6, 6.07) is 6.05. The highest BCUT2D eigenvalue weighted by molar-refractivity contribution is 5.69. The fraction of sp³-hybridized carbons (Fsp3) is 0.214. The van der Waals surface area contributed by atoms with Crippen LogP contribution in [0.25, 0.3) is 17.1 Å². The largest absolute Gasteiger partial charge is 0.383 e. The normalized spacial score (nSPS) is 14.5. The van der Waals surface area contributed by atoms with Crippen molar-refractivity contribution in [2.24, 2.45) is 0 Å². The molecule has 3 aromatic rings. The Morgan fingerprint density at radius 2 is 2.19 bits per heavy atom. The van der Waals surface area contributed by atoms with Crippen LogP contribution in [0.1, 0.15) is 24.7 Å². The van der Waals surface area contributed by atoms with Gasteiger partial charge in [-0.15, -0.1) is 0 Å². The van der Waals surface area contributed by atoms with E-state index in [1.807, 2.05) is 0 Å². The molecule has 0 saturated heterocycles.